The Morgan fingerprint density at radius 2 is 2.07 bits per heavy atom. The molecule has 1 aromatic heterocycles. The van der Waals surface area contributed by atoms with Crippen LogP contribution in [0.4, 0.5) is 5.82 Å². The van der Waals surface area contributed by atoms with Crippen LogP contribution in [-0.2, 0) is 13.1 Å². The Bertz CT molecular complexity index is 411. The summed E-state index contributed by atoms with van der Waals surface area (Å²) in [5.74, 6) is 1.00. The summed E-state index contributed by atoms with van der Waals surface area (Å²) >= 11 is 0. The van der Waals surface area contributed by atoms with Gasteiger partial charge in [0, 0.05) is 38.3 Å². The smallest absolute Gasteiger partial charge is 0.252 e. The van der Waals surface area contributed by atoms with E-state index in [0.717, 1.165) is 37.3 Å². The van der Waals surface area contributed by atoms with Crippen LogP contribution in [0.5, 0.6) is 0 Å². The molecule has 0 spiro atoms. The number of hydrogen-bond acceptors (Lipinski definition) is 3. The zero-order chi connectivity index (χ0) is 10.8. The Labute approximate surface area is 89.3 Å². The lowest BCUT2D eigenvalue weighted by molar-refractivity contribution is 0.635. The molecule has 4 heteroatoms. The van der Waals surface area contributed by atoms with Crippen molar-refractivity contribution < 1.29 is 0 Å². The summed E-state index contributed by atoms with van der Waals surface area (Å²) in [6.45, 7) is 2.29. The molecule has 1 aliphatic heterocycles. The molecule has 0 aliphatic carbocycles. The van der Waals surface area contributed by atoms with E-state index in [-0.39, 0.29) is 5.56 Å². The molecule has 1 aliphatic rings. The minimum atomic E-state index is 0.0796. The first-order chi connectivity index (χ1) is 7.24. The van der Waals surface area contributed by atoms with Gasteiger partial charge in [-0.15, -0.1) is 0 Å². The first kappa shape index (κ1) is 10.2. The Hall–Kier alpha value is -1.29. The summed E-state index contributed by atoms with van der Waals surface area (Å²) in [6, 6.07) is 3.46. The Morgan fingerprint density at radius 3 is 2.80 bits per heavy atom. The van der Waals surface area contributed by atoms with Gasteiger partial charge in [0.1, 0.15) is 5.82 Å². The van der Waals surface area contributed by atoms with Crippen LogP contribution in [0.3, 0.4) is 0 Å². The zero-order valence-corrected chi connectivity index (χ0v) is 9.07. The maximum Gasteiger partial charge on any atom is 0.252 e. The van der Waals surface area contributed by atoms with E-state index in [1.807, 2.05) is 17.7 Å². The molecule has 0 radical (unpaired) electrons. The van der Waals surface area contributed by atoms with Crippen LogP contribution >= 0.6 is 0 Å². The highest BCUT2D eigenvalue weighted by Gasteiger charge is 2.15. The molecule has 0 atom stereocenters. The first-order valence-corrected chi connectivity index (χ1v) is 5.38. The van der Waals surface area contributed by atoms with Gasteiger partial charge in [0.15, 0.2) is 0 Å². The molecule has 0 bridgehead atoms. The number of nitrogens with two attached hydrogens (primary N) is 1. The molecule has 0 saturated heterocycles. The first-order valence-electron chi connectivity index (χ1n) is 5.38. The second-order valence-corrected chi connectivity index (χ2v) is 4.00. The fraction of sp³-hybridized carbons (Fsp3) is 0.545. The summed E-state index contributed by atoms with van der Waals surface area (Å²) in [4.78, 5) is 13.9. The lowest BCUT2D eigenvalue weighted by Crippen LogP contribution is -2.28. The Kier molecular flexibility index (Phi) is 2.77. The molecule has 0 aromatic carbocycles. The minimum Gasteiger partial charge on any atom is -0.361 e. The molecule has 0 fully saturated rings. The van der Waals surface area contributed by atoms with E-state index in [2.05, 4.69) is 4.90 Å². The van der Waals surface area contributed by atoms with Crippen LogP contribution < -0.4 is 16.2 Å². The molecule has 15 heavy (non-hydrogen) atoms. The topological polar surface area (TPSA) is 51.3 Å². The molecule has 2 rings (SSSR count). The molecule has 2 N–H and O–H groups in total. The van der Waals surface area contributed by atoms with E-state index in [0.29, 0.717) is 6.54 Å². The number of nitrogens with zero attached hydrogens (tertiary/aromatic N) is 2. The second-order valence-electron chi connectivity index (χ2n) is 4.00. The van der Waals surface area contributed by atoms with Crippen molar-refractivity contribution in [3.8, 4) is 0 Å². The van der Waals surface area contributed by atoms with E-state index in [4.69, 9.17) is 5.73 Å². The molecule has 82 valence electrons. The van der Waals surface area contributed by atoms with Crippen LogP contribution in [0, 0.1) is 0 Å². The number of fused-ring (bicyclic) bond motifs is 1. The van der Waals surface area contributed by atoms with Crippen molar-refractivity contribution in [3.05, 3.63) is 28.0 Å². The van der Waals surface area contributed by atoms with Gasteiger partial charge in [0.2, 0.25) is 0 Å². The largest absolute Gasteiger partial charge is 0.361 e. The summed E-state index contributed by atoms with van der Waals surface area (Å²) < 4.78 is 1.84. The SMILES string of the molecule is CN1CCCCn2c1c(CN)ccc2=O. The van der Waals surface area contributed by atoms with Crippen molar-refractivity contribution in [1.29, 1.82) is 0 Å². The molecular formula is C11H17N3O. The molecule has 4 nitrogen and oxygen atoms in total. The van der Waals surface area contributed by atoms with Gasteiger partial charge in [-0.25, -0.2) is 0 Å². The highest BCUT2D eigenvalue weighted by Crippen LogP contribution is 2.20. The quantitative estimate of drug-likeness (QED) is 0.731. The number of aromatic nitrogens is 1. The maximum atomic E-state index is 11.7. The standard InChI is InChI=1S/C11H17N3O/c1-13-6-2-3-7-14-10(15)5-4-9(8-12)11(13)14/h4-5H,2-3,6-8,12H2,1H3. The van der Waals surface area contributed by atoms with E-state index < -0.39 is 0 Å². The normalized spacial score (nSPS) is 16.0. The molecule has 1 aromatic rings. The van der Waals surface area contributed by atoms with E-state index in [1.54, 1.807) is 6.07 Å². The van der Waals surface area contributed by atoms with E-state index in [1.165, 1.54) is 0 Å². The summed E-state index contributed by atoms with van der Waals surface area (Å²) in [5.41, 5.74) is 6.83. The van der Waals surface area contributed by atoms with Gasteiger partial charge >= 0.3 is 0 Å². The van der Waals surface area contributed by atoms with Crippen LogP contribution in [-0.4, -0.2) is 18.2 Å². The van der Waals surface area contributed by atoms with Crippen molar-refractivity contribution in [1.82, 2.24) is 4.57 Å². The molecular weight excluding hydrogens is 190 g/mol. The number of rotatable bonds is 1. The number of anilines is 1. The predicted octanol–water partition coefficient (Wildman–Crippen LogP) is 0.537. The second kappa shape index (κ2) is 4.06. The summed E-state index contributed by atoms with van der Waals surface area (Å²) in [6.07, 6.45) is 2.19. The van der Waals surface area contributed by atoms with Gasteiger partial charge in [0.05, 0.1) is 0 Å². The van der Waals surface area contributed by atoms with Gasteiger partial charge in [-0.2, -0.15) is 0 Å². The molecule has 0 amide bonds. The van der Waals surface area contributed by atoms with Crippen molar-refractivity contribution in [3.63, 3.8) is 0 Å². The summed E-state index contributed by atoms with van der Waals surface area (Å²) in [7, 11) is 2.02. The van der Waals surface area contributed by atoms with E-state index in [9.17, 15) is 4.79 Å². The van der Waals surface area contributed by atoms with Crippen LogP contribution in [0.1, 0.15) is 18.4 Å². The fourth-order valence-corrected chi connectivity index (χ4v) is 2.17. The van der Waals surface area contributed by atoms with Gasteiger partial charge in [-0.05, 0) is 18.9 Å². The highest BCUT2D eigenvalue weighted by atomic mass is 16.1. The lowest BCUT2D eigenvalue weighted by Gasteiger charge is -2.22. The van der Waals surface area contributed by atoms with E-state index >= 15 is 0 Å². The van der Waals surface area contributed by atoms with Gasteiger partial charge < -0.3 is 10.6 Å². The molecule has 0 unspecified atom stereocenters. The fourth-order valence-electron chi connectivity index (χ4n) is 2.17. The maximum absolute atomic E-state index is 11.7. The van der Waals surface area contributed by atoms with Crippen LogP contribution in [0.15, 0.2) is 16.9 Å². The van der Waals surface area contributed by atoms with Crippen LogP contribution in [0.2, 0.25) is 0 Å². The number of hydrogen-bond donors (Lipinski definition) is 1. The molecule has 2 heterocycles. The van der Waals surface area contributed by atoms with Crippen molar-refractivity contribution >= 4 is 5.82 Å². The predicted molar refractivity (Wildman–Crippen MR) is 61.1 cm³/mol. The Balaban J connectivity index is 2.61. The van der Waals surface area contributed by atoms with Crippen LogP contribution in [0.25, 0.3) is 0 Å². The monoisotopic (exact) mass is 207 g/mol. The van der Waals surface area contributed by atoms with Gasteiger partial charge in [-0.1, -0.05) is 0 Å². The van der Waals surface area contributed by atoms with Gasteiger partial charge in [-0.3, -0.25) is 9.36 Å². The third kappa shape index (κ3) is 1.77. The van der Waals surface area contributed by atoms with Crippen molar-refractivity contribution in [2.75, 3.05) is 18.5 Å². The average molecular weight is 207 g/mol. The lowest BCUT2D eigenvalue weighted by atomic mass is 10.2. The highest BCUT2D eigenvalue weighted by molar-refractivity contribution is 5.47. The third-order valence-corrected chi connectivity index (χ3v) is 2.94. The summed E-state index contributed by atoms with van der Waals surface area (Å²) in [5, 5.41) is 0. The molecule has 0 saturated carbocycles. The van der Waals surface area contributed by atoms with Crippen molar-refractivity contribution in [2.45, 2.75) is 25.9 Å². The Morgan fingerprint density at radius 1 is 1.33 bits per heavy atom. The average Bonchev–Trinajstić information content (AvgIpc) is 2.43. The minimum absolute atomic E-state index is 0.0796. The zero-order valence-electron chi connectivity index (χ0n) is 9.07. The van der Waals surface area contributed by atoms with Gasteiger partial charge in [0.25, 0.3) is 5.56 Å². The number of pyridine rings is 1. The third-order valence-electron chi connectivity index (χ3n) is 2.94. The van der Waals surface area contributed by atoms with Crippen molar-refractivity contribution in [2.24, 2.45) is 5.73 Å².